The summed E-state index contributed by atoms with van der Waals surface area (Å²) in [4.78, 5) is 18.7. The Balaban J connectivity index is 1.68. The maximum Gasteiger partial charge on any atom is 0.237 e. The summed E-state index contributed by atoms with van der Waals surface area (Å²) in [6.07, 6.45) is 0.326. The van der Waals surface area contributed by atoms with Gasteiger partial charge in [-0.15, -0.1) is 11.3 Å². The van der Waals surface area contributed by atoms with E-state index in [1.54, 1.807) is 11.3 Å². The van der Waals surface area contributed by atoms with E-state index in [1.165, 1.54) is 16.0 Å². The number of aliphatic hydroxyl groups excluding tert-OH is 1. The maximum absolute atomic E-state index is 13.4. The molecular formula is C26H38N2O4S. The van der Waals surface area contributed by atoms with E-state index in [9.17, 15) is 9.90 Å². The fourth-order valence-corrected chi connectivity index (χ4v) is 5.17. The van der Waals surface area contributed by atoms with Crippen molar-refractivity contribution in [2.24, 2.45) is 0 Å². The lowest BCUT2D eigenvalue weighted by atomic mass is 10.00. The Morgan fingerprint density at radius 3 is 2.79 bits per heavy atom. The molecule has 7 heteroatoms. The number of carbonyl (C=O) groups is 1. The first-order valence-electron chi connectivity index (χ1n) is 11.9. The van der Waals surface area contributed by atoms with Crippen LogP contribution < -0.4 is 4.74 Å². The van der Waals surface area contributed by atoms with Gasteiger partial charge in [-0.25, -0.2) is 0 Å². The number of ether oxygens (including phenoxy) is 2. The van der Waals surface area contributed by atoms with Gasteiger partial charge in [0, 0.05) is 18.0 Å². The van der Waals surface area contributed by atoms with Crippen molar-refractivity contribution in [1.82, 2.24) is 9.80 Å². The standard InChI is InChI=1S/C26H38N2O4S/c1-6-27(14-21(29)16-31-18(2)3)15-26(30)28-11-9-25-22(10-12-33-25)23(28)17-32-24-8-7-19(4)13-20(24)5/h7-8,10,12-13,18,21,23,29H,6,9,11,14-17H2,1-5H3/t21-,23+/m1/s1. The lowest BCUT2D eigenvalue weighted by Gasteiger charge is -2.37. The normalized spacial score (nSPS) is 16.8. The predicted octanol–water partition coefficient (Wildman–Crippen LogP) is 3.98. The highest BCUT2D eigenvalue weighted by Crippen LogP contribution is 2.34. The van der Waals surface area contributed by atoms with Crippen LogP contribution in [-0.2, 0) is 16.0 Å². The average Bonchev–Trinajstić information content (AvgIpc) is 3.25. The predicted molar refractivity (Wildman–Crippen MR) is 133 cm³/mol. The van der Waals surface area contributed by atoms with Crippen molar-refractivity contribution in [3.8, 4) is 5.75 Å². The zero-order valence-electron chi connectivity index (χ0n) is 20.5. The third-order valence-electron chi connectivity index (χ3n) is 6.04. The minimum Gasteiger partial charge on any atom is -0.491 e. The Bertz CT molecular complexity index is 913. The summed E-state index contributed by atoms with van der Waals surface area (Å²) >= 11 is 1.75. The summed E-state index contributed by atoms with van der Waals surface area (Å²) in [6.45, 7) is 12.8. The quantitative estimate of drug-likeness (QED) is 0.534. The second-order valence-corrected chi connectivity index (χ2v) is 10.1. The number of aliphatic hydroxyl groups is 1. The van der Waals surface area contributed by atoms with Crippen LogP contribution in [0.4, 0.5) is 0 Å². The molecule has 2 heterocycles. The minimum atomic E-state index is -0.617. The first kappa shape index (κ1) is 25.7. The van der Waals surface area contributed by atoms with Crippen LogP contribution in [0, 0.1) is 13.8 Å². The lowest BCUT2D eigenvalue weighted by molar-refractivity contribution is -0.136. The molecule has 1 aliphatic heterocycles. The zero-order valence-corrected chi connectivity index (χ0v) is 21.4. The van der Waals surface area contributed by atoms with E-state index in [0.29, 0.717) is 26.2 Å². The smallest absolute Gasteiger partial charge is 0.237 e. The second-order valence-electron chi connectivity index (χ2n) is 9.10. The average molecular weight is 475 g/mol. The van der Waals surface area contributed by atoms with Gasteiger partial charge < -0.3 is 19.5 Å². The molecule has 0 bridgehead atoms. The molecule has 3 rings (SSSR count). The summed E-state index contributed by atoms with van der Waals surface area (Å²) in [5, 5.41) is 12.4. The summed E-state index contributed by atoms with van der Waals surface area (Å²) in [6, 6.07) is 8.19. The second kappa shape index (κ2) is 12.0. The number of hydrogen-bond acceptors (Lipinski definition) is 6. The van der Waals surface area contributed by atoms with Crippen LogP contribution in [0.25, 0.3) is 0 Å². The number of amides is 1. The van der Waals surface area contributed by atoms with E-state index < -0.39 is 6.10 Å². The molecule has 33 heavy (non-hydrogen) atoms. The fourth-order valence-electron chi connectivity index (χ4n) is 4.25. The van der Waals surface area contributed by atoms with Crippen LogP contribution >= 0.6 is 11.3 Å². The van der Waals surface area contributed by atoms with Crippen LogP contribution in [-0.4, -0.2) is 72.4 Å². The van der Waals surface area contributed by atoms with Crippen LogP contribution in [0.15, 0.2) is 29.6 Å². The van der Waals surface area contributed by atoms with Gasteiger partial charge in [0.15, 0.2) is 0 Å². The van der Waals surface area contributed by atoms with Crippen LogP contribution in [0.5, 0.6) is 5.75 Å². The van der Waals surface area contributed by atoms with Crippen molar-refractivity contribution in [2.45, 2.75) is 59.3 Å². The highest BCUT2D eigenvalue weighted by Gasteiger charge is 2.33. The molecule has 1 amide bonds. The first-order chi connectivity index (χ1) is 15.8. The van der Waals surface area contributed by atoms with Gasteiger partial charge in [-0.3, -0.25) is 9.69 Å². The molecule has 2 atom stereocenters. The van der Waals surface area contributed by atoms with Crippen molar-refractivity contribution in [3.63, 3.8) is 0 Å². The van der Waals surface area contributed by atoms with E-state index in [0.717, 1.165) is 17.7 Å². The lowest BCUT2D eigenvalue weighted by Crippen LogP contribution is -2.48. The molecule has 0 saturated carbocycles. The van der Waals surface area contributed by atoms with Crippen molar-refractivity contribution in [2.75, 3.05) is 39.4 Å². The third kappa shape index (κ3) is 7.03. The highest BCUT2D eigenvalue weighted by atomic mass is 32.1. The number of carbonyl (C=O) groups excluding carboxylic acids is 1. The number of nitrogens with zero attached hydrogens (tertiary/aromatic N) is 2. The van der Waals surface area contributed by atoms with Crippen LogP contribution in [0.3, 0.4) is 0 Å². The van der Waals surface area contributed by atoms with E-state index in [2.05, 4.69) is 37.4 Å². The fraction of sp³-hybridized carbons (Fsp3) is 0.577. The largest absolute Gasteiger partial charge is 0.491 e. The Kier molecular flexibility index (Phi) is 9.32. The summed E-state index contributed by atoms with van der Waals surface area (Å²) in [5.41, 5.74) is 3.50. The topological polar surface area (TPSA) is 62.2 Å². The van der Waals surface area contributed by atoms with E-state index in [4.69, 9.17) is 9.47 Å². The Labute approximate surface area is 202 Å². The number of thiophene rings is 1. The van der Waals surface area contributed by atoms with E-state index in [-0.39, 0.29) is 31.2 Å². The molecule has 1 aromatic heterocycles. The van der Waals surface area contributed by atoms with Gasteiger partial charge in [0.05, 0.1) is 31.4 Å². The Hall–Kier alpha value is -1.93. The number of benzene rings is 1. The summed E-state index contributed by atoms with van der Waals surface area (Å²) in [5.74, 6) is 0.929. The zero-order chi connectivity index (χ0) is 24.0. The van der Waals surface area contributed by atoms with Crippen LogP contribution in [0.1, 0.15) is 48.4 Å². The Morgan fingerprint density at radius 1 is 1.30 bits per heavy atom. The van der Waals surface area contributed by atoms with Crippen molar-refractivity contribution < 1.29 is 19.4 Å². The number of rotatable bonds is 11. The summed E-state index contributed by atoms with van der Waals surface area (Å²) in [7, 11) is 0. The van der Waals surface area contributed by atoms with Gasteiger partial charge in [0.25, 0.3) is 0 Å². The molecule has 0 aliphatic carbocycles. The van der Waals surface area contributed by atoms with Gasteiger partial charge >= 0.3 is 0 Å². The van der Waals surface area contributed by atoms with Crippen molar-refractivity contribution >= 4 is 17.2 Å². The molecule has 1 aliphatic rings. The highest BCUT2D eigenvalue weighted by molar-refractivity contribution is 7.10. The van der Waals surface area contributed by atoms with Gasteiger partial charge in [-0.05, 0) is 69.3 Å². The number of likely N-dealkylation sites (N-methyl/N-ethyl adjacent to an activating group) is 1. The maximum atomic E-state index is 13.4. The first-order valence-corrected chi connectivity index (χ1v) is 12.7. The van der Waals surface area contributed by atoms with Gasteiger partial charge in [-0.2, -0.15) is 0 Å². The SMILES string of the molecule is CCN(CC(=O)N1CCc2sccc2[C@@H]1COc1ccc(C)cc1C)C[C@@H](O)COC(C)C. The number of aryl methyl sites for hydroxylation is 2. The molecular weight excluding hydrogens is 436 g/mol. The van der Waals surface area contributed by atoms with E-state index in [1.807, 2.05) is 36.6 Å². The summed E-state index contributed by atoms with van der Waals surface area (Å²) < 4.78 is 11.7. The van der Waals surface area contributed by atoms with E-state index >= 15 is 0 Å². The van der Waals surface area contributed by atoms with Gasteiger partial charge in [0.2, 0.25) is 5.91 Å². The monoisotopic (exact) mass is 474 g/mol. The molecule has 1 N–H and O–H groups in total. The Morgan fingerprint density at radius 2 is 2.09 bits per heavy atom. The molecule has 182 valence electrons. The van der Waals surface area contributed by atoms with Gasteiger partial charge in [-0.1, -0.05) is 24.6 Å². The molecule has 0 saturated heterocycles. The molecule has 1 aromatic carbocycles. The number of fused-ring (bicyclic) bond motifs is 1. The molecule has 0 radical (unpaired) electrons. The molecule has 2 aromatic rings. The minimum absolute atomic E-state index is 0.0694. The van der Waals surface area contributed by atoms with Gasteiger partial charge in [0.1, 0.15) is 12.4 Å². The third-order valence-corrected chi connectivity index (χ3v) is 7.04. The van der Waals surface area contributed by atoms with Crippen molar-refractivity contribution in [3.05, 3.63) is 51.2 Å². The number of hydrogen-bond donors (Lipinski definition) is 1. The molecule has 0 unspecified atom stereocenters. The molecule has 0 spiro atoms. The van der Waals surface area contributed by atoms with Crippen molar-refractivity contribution in [1.29, 1.82) is 0 Å². The van der Waals surface area contributed by atoms with Crippen LogP contribution in [0.2, 0.25) is 0 Å². The molecule has 0 fully saturated rings. The molecule has 6 nitrogen and oxygen atoms in total.